The lowest BCUT2D eigenvalue weighted by Crippen LogP contribution is -2.24. The molecule has 0 saturated carbocycles. The van der Waals surface area contributed by atoms with Crippen molar-refractivity contribution in [3.05, 3.63) is 129 Å². The monoisotopic (exact) mass is 562 g/mol. The summed E-state index contributed by atoms with van der Waals surface area (Å²) >= 11 is 0. The van der Waals surface area contributed by atoms with Crippen LogP contribution in [0.3, 0.4) is 0 Å². The fraction of sp³-hybridized carbons (Fsp3) is 0.349. The molecule has 4 aromatic carbocycles. The summed E-state index contributed by atoms with van der Waals surface area (Å²) in [7, 11) is 0. The van der Waals surface area contributed by atoms with E-state index in [4.69, 9.17) is 12.8 Å². The lowest BCUT2D eigenvalue weighted by Gasteiger charge is -2.29. The van der Waals surface area contributed by atoms with Crippen LogP contribution in [0, 0.1) is 24.7 Å². The predicted molar refractivity (Wildman–Crippen MR) is 185 cm³/mol. The maximum Gasteiger partial charge on any atom is 0.0433 e. The molecule has 218 valence electrons. The Morgan fingerprint density at radius 1 is 0.488 bits per heavy atom. The van der Waals surface area contributed by atoms with E-state index in [1.54, 1.807) is 0 Å². The third-order valence-corrected chi connectivity index (χ3v) is 9.34. The highest BCUT2D eigenvalue weighted by Gasteiger charge is 2.42. The quantitative estimate of drug-likeness (QED) is 0.187. The van der Waals surface area contributed by atoms with E-state index in [0.29, 0.717) is 12.8 Å². The minimum absolute atomic E-state index is 0.169. The maximum absolute atomic E-state index is 6.05. The van der Waals surface area contributed by atoms with Crippen molar-refractivity contribution in [2.75, 3.05) is 0 Å². The van der Waals surface area contributed by atoms with Gasteiger partial charge in [-0.2, -0.15) is 0 Å². The second-order valence-electron chi connectivity index (χ2n) is 14.5. The minimum Gasteiger partial charge on any atom is -0.120 e. The molecule has 0 heterocycles. The molecule has 4 aromatic rings. The van der Waals surface area contributed by atoms with Gasteiger partial charge in [0.1, 0.15) is 0 Å². The fourth-order valence-corrected chi connectivity index (χ4v) is 6.61. The highest BCUT2D eigenvalue weighted by atomic mass is 14.4. The van der Waals surface area contributed by atoms with Crippen molar-refractivity contribution in [3.8, 4) is 35.8 Å². The van der Waals surface area contributed by atoms with E-state index in [0.717, 1.165) is 25.7 Å². The van der Waals surface area contributed by atoms with E-state index in [9.17, 15) is 0 Å². The van der Waals surface area contributed by atoms with Gasteiger partial charge in [-0.1, -0.05) is 126 Å². The normalized spacial score (nSPS) is 13.6. The van der Waals surface area contributed by atoms with E-state index in [1.807, 2.05) is 0 Å². The molecule has 0 atom stereocenters. The largest absolute Gasteiger partial charge is 0.120 e. The molecule has 0 amide bonds. The summed E-state index contributed by atoms with van der Waals surface area (Å²) in [6.45, 7) is 13.6. The molecule has 0 spiro atoms. The van der Waals surface area contributed by atoms with Gasteiger partial charge in [-0.15, -0.1) is 24.7 Å². The second kappa shape index (κ2) is 11.9. The first-order valence-corrected chi connectivity index (χ1v) is 15.8. The van der Waals surface area contributed by atoms with Gasteiger partial charge in [-0.05, 0) is 92.1 Å². The van der Waals surface area contributed by atoms with Crippen LogP contribution in [0.2, 0.25) is 0 Å². The van der Waals surface area contributed by atoms with Crippen LogP contribution in [0.1, 0.15) is 98.9 Å². The summed E-state index contributed by atoms with van der Waals surface area (Å²) < 4.78 is 0. The molecule has 0 unspecified atom stereocenters. The molecule has 1 aliphatic rings. The topological polar surface area (TPSA) is 0 Å². The third kappa shape index (κ3) is 6.36. The Bertz CT molecular complexity index is 1540. The van der Waals surface area contributed by atoms with Crippen molar-refractivity contribution in [1.82, 2.24) is 0 Å². The van der Waals surface area contributed by atoms with E-state index in [-0.39, 0.29) is 16.2 Å². The van der Waals surface area contributed by atoms with Gasteiger partial charge in [0, 0.05) is 18.3 Å². The Morgan fingerprint density at radius 2 is 0.814 bits per heavy atom. The van der Waals surface area contributed by atoms with Gasteiger partial charge >= 0.3 is 0 Å². The Labute approximate surface area is 261 Å². The van der Waals surface area contributed by atoms with Gasteiger partial charge in [0.05, 0.1) is 0 Å². The summed E-state index contributed by atoms with van der Waals surface area (Å²) in [4.78, 5) is 0. The van der Waals surface area contributed by atoms with E-state index in [1.165, 1.54) is 55.6 Å². The van der Waals surface area contributed by atoms with Crippen LogP contribution in [0.5, 0.6) is 0 Å². The van der Waals surface area contributed by atoms with Crippen molar-refractivity contribution in [3.63, 3.8) is 0 Å². The summed E-state index contributed by atoms with van der Waals surface area (Å²) in [5.74, 6) is 6.02. The van der Waals surface area contributed by atoms with Crippen LogP contribution >= 0.6 is 0 Å². The van der Waals surface area contributed by atoms with Crippen LogP contribution in [-0.2, 0) is 41.9 Å². The standard InChI is InChI=1S/C43H46/c1-9-27-43(28-10-2)39-29-33(13-11-31-15-21-35(22-16-31)41(3,4)5)19-25-37(39)38-26-20-34(30-40(38)43)14-12-32-17-23-36(24-18-32)42(6,7)8/h1-2,15-26,29-30H,11-14,27-28H2,3-8H3. The van der Waals surface area contributed by atoms with Crippen LogP contribution < -0.4 is 0 Å². The maximum atomic E-state index is 6.05. The molecule has 0 radical (unpaired) electrons. The highest BCUT2D eigenvalue weighted by Crippen LogP contribution is 2.53. The first-order valence-electron chi connectivity index (χ1n) is 15.8. The molecular weight excluding hydrogens is 516 g/mol. The first-order chi connectivity index (χ1) is 20.4. The average Bonchev–Trinajstić information content (AvgIpc) is 3.23. The number of hydrogen-bond donors (Lipinski definition) is 0. The van der Waals surface area contributed by atoms with Crippen molar-refractivity contribution in [2.45, 2.75) is 96.3 Å². The van der Waals surface area contributed by atoms with Gasteiger partial charge in [0.15, 0.2) is 0 Å². The summed E-state index contributed by atoms with van der Waals surface area (Å²) in [5, 5.41) is 0. The Balaban J connectivity index is 1.40. The molecule has 0 N–H and O–H groups in total. The molecule has 0 saturated heterocycles. The third-order valence-electron chi connectivity index (χ3n) is 9.34. The lowest BCUT2D eigenvalue weighted by molar-refractivity contribution is 0.559. The minimum atomic E-state index is -0.344. The first kappa shape index (κ1) is 30.5. The van der Waals surface area contributed by atoms with Crippen LogP contribution in [0.25, 0.3) is 11.1 Å². The van der Waals surface area contributed by atoms with E-state index < -0.39 is 0 Å². The molecule has 1 aliphatic carbocycles. The molecule has 0 nitrogen and oxygen atoms in total. The molecule has 0 aromatic heterocycles. The molecule has 0 fully saturated rings. The van der Waals surface area contributed by atoms with Crippen molar-refractivity contribution in [1.29, 1.82) is 0 Å². The lowest BCUT2D eigenvalue weighted by atomic mass is 9.72. The Kier molecular flexibility index (Phi) is 8.46. The molecule has 0 aliphatic heterocycles. The molecule has 5 rings (SSSR count). The number of hydrogen-bond acceptors (Lipinski definition) is 0. The molecule has 43 heavy (non-hydrogen) atoms. The zero-order valence-corrected chi connectivity index (χ0v) is 27.0. The van der Waals surface area contributed by atoms with E-state index >= 15 is 0 Å². The fourth-order valence-electron chi connectivity index (χ4n) is 6.61. The van der Waals surface area contributed by atoms with Crippen LogP contribution in [0.4, 0.5) is 0 Å². The van der Waals surface area contributed by atoms with E-state index in [2.05, 4.69) is 138 Å². The second-order valence-corrected chi connectivity index (χ2v) is 14.5. The Morgan fingerprint density at radius 3 is 1.14 bits per heavy atom. The highest BCUT2D eigenvalue weighted by molar-refractivity contribution is 5.82. The summed E-state index contributed by atoms with van der Waals surface area (Å²) in [6, 6.07) is 32.2. The molecule has 0 bridgehead atoms. The smallest absolute Gasteiger partial charge is 0.0433 e. The number of terminal acetylenes is 2. The average molecular weight is 563 g/mol. The van der Waals surface area contributed by atoms with Gasteiger partial charge in [-0.25, -0.2) is 0 Å². The van der Waals surface area contributed by atoms with Gasteiger partial charge in [0.2, 0.25) is 0 Å². The summed E-state index contributed by atoms with van der Waals surface area (Å²) in [6.07, 6.45) is 17.3. The predicted octanol–water partition coefficient (Wildman–Crippen LogP) is 10.2. The van der Waals surface area contributed by atoms with Crippen molar-refractivity contribution < 1.29 is 0 Å². The van der Waals surface area contributed by atoms with Crippen LogP contribution in [0.15, 0.2) is 84.9 Å². The van der Waals surface area contributed by atoms with Gasteiger partial charge in [0.25, 0.3) is 0 Å². The number of aryl methyl sites for hydroxylation is 4. The number of fused-ring (bicyclic) bond motifs is 3. The summed E-state index contributed by atoms with van der Waals surface area (Å²) in [5.41, 5.74) is 13.3. The Hall–Kier alpha value is -4.00. The van der Waals surface area contributed by atoms with Crippen molar-refractivity contribution in [2.24, 2.45) is 0 Å². The van der Waals surface area contributed by atoms with Gasteiger partial charge < -0.3 is 0 Å². The molecule has 0 heteroatoms. The van der Waals surface area contributed by atoms with Crippen LogP contribution in [-0.4, -0.2) is 0 Å². The molecular formula is C43H46. The zero-order valence-electron chi connectivity index (χ0n) is 27.0. The SMILES string of the molecule is C#CCC1(CC#C)c2cc(CCc3ccc(C(C)(C)C)cc3)ccc2-c2ccc(CCc3ccc(C(C)(C)C)cc3)cc21. The van der Waals surface area contributed by atoms with Crippen molar-refractivity contribution >= 4 is 0 Å². The van der Waals surface area contributed by atoms with Gasteiger partial charge in [-0.3, -0.25) is 0 Å². The zero-order chi connectivity index (χ0) is 30.8. The number of benzene rings is 4. The number of rotatable bonds is 8.